The highest BCUT2D eigenvalue weighted by Gasteiger charge is 2.46. The second-order valence-electron chi connectivity index (χ2n) is 6.74. The number of carbonyl (C=O) groups is 2. The van der Waals surface area contributed by atoms with Crippen LogP contribution in [-0.2, 0) is 9.59 Å². The van der Waals surface area contributed by atoms with Crippen LogP contribution >= 0.6 is 11.6 Å². The van der Waals surface area contributed by atoms with E-state index in [2.05, 4.69) is 0 Å². The number of nitrogens with zero attached hydrogens (tertiary/aromatic N) is 1. The van der Waals surface area contributed by atoms with Crippen molar-refractivity contribution in [2.24, 2.45) is 5.41 Å². The van der Waals surface area contributed by atoms with Gasteiger partial charge < -0.3 is 14.7 Å². The zero-order chi connectivity index (χ0) is 17.2. The number of piperidine rings is 1. The molecule has 1 heterocycles. The molecule has 0 spiro atoms. The van der Waals surface area contributed by atoms with E-state index in [9.17, 15) is 14.7 Å². The maximum atomic E-state index is 12.4. The lowest BCUT2D eigenvalue weighted by Crippen LogP contribution is -2.47. The molecular weight excluding hydrogens is 330 g/mol. The Morgan fingerprint density at radius 3 is 2.46 bits per heavy atom. The van der Waals surface area contributed by atoms with Crippen molar-refractivity contribution in [2.45, 2.75) is 44.6 Å². The van der Waals surface area contributed by atoms with Crippen LogP contribution in [0.5, 0.6) is 5.75 Å². The molecule has 1 saturated carbocycles. The highest BCUT2D eigenvalue weighted by atomic mass is 35.5. The number of carboxylic acids is 1. The van der Waals surface area contributed by atoms with Crippen molar-refractivity contribution in [3.63, 3.8) is 0 Å². The zero-order valence-electron chi connectivity index (χ0n) is 13.5. The van der Waals surface area contributed by atoms with E-state index in [1.165, 1.54) is 0 Å². The van der Waals surface area contributed by atoms with Crippen LogP contribution in [0.25, 0.3) is 0 Å². The lowest BCUT2D eigenvalue weighted by molar-refractivity contribution is -0.160. The minimum Gasteiger partial charge on any atom is -0.489 e. The first-order chi connectivity index (χ1) is 11.5. The normalized spacial score (nSPS) is 20.3. The molecule has 1 aromatic rings. The van der Waals surface area contributed by atoms with Crippen molar-refractivity contribution in [3.8, 4) is 5.75 Å². The number of benzene rings is 1. The molecule has 24 heavy (non-hydrogen) atoms. The Bertz CT molecular complexity index is 621. The Morgan fingerprint density at radius 1 is 1.25 bits per heavy atom. The van der Waals surface area contributed by atoms with Gasteiger partial charge in [0.25, 0.3) is 0 Å². The molecule has 1 aliphatic heterocycles. The molecule has 130 valence electrons. The van der Waals surface area contributed by atoms with Gasteiger partial charge in [-0.05, 0) is 25.0 Å². The van der Waals surface area contributed by atoms with E-state index in [-0.39, 0.29) is 18.4 Å². The number of carboxylic acid groups (broad SMARTS) is 1. The number of likely N-dealkylation sites (tertiary alicyclic amines) is 1. The molecule has 1 aliphatic carbocycles. The van der Waals surface area contributed by atoms with E-state index < -0.39 is 11.4 Å². The molecule has 2 aliphatic rings. The number of carbonyl (C=O) groups excluding carboxylic acids is 1. The van der Waals surface area contributed by atoms with Gasteiger partial charge in [-0.3, -0.25) is 9.59 Å². The van der Waals surface area contributed by atoms with Crippen LogP contribution in [0.1, 0.15) is 38.5 Å². The van der Waals surface area contributed by atoms with Gasteiger partial charge in [0, 0.05) is 32.4 Å². The summed E-state index contributed by atoms with van der Waals surface area (Å²) in [6, 6.07) is 7.37. The van der Waals surface area contributed by atoms with Crippen molar-refractivity contribution in [1.29, 1.82) is 0 Å². The number of halogens is 1. The topological polar surface area (TPSA) is 66.8 Å². The molecule has 2 fully saturated rings. The van der Waals surface area contributed by atoms with Gasteiger partial charge in [0.15, 0.2) is 0 Å². The fraction of sp³-hybridized carbons (Fsp3) is 0.556. The molecule has 5 nitrogen and oxygen atoms in total. The maximum Gasteiger partial charge on any atom is 0.310 e. The van der Waals surface area contributed by atoms with Gasteiger partial charge in [0.05, 0.1) is 10.4 Å². The smallest absolute Gasteiger partial charge is 0.310 e. The monoisotopic (exact) mass is 351 g/mol. The fourth-order valence-electron chi connectivity index (χ4n) is 3.41. The molecule has 0 aromatic heterocycles. The number of ether oxygens (including phenoxy) is 1. The predicted molar refractivity (Wildman–Crippen MR) is 90.2 cm³/mol. The third-order valence-electron chi connectivity index (χ3n) is 5.18. The van der Waals surface area contributed by atoms with E-state index in [4.69, 9.17) is 16.3 Å². The van der Waals surface area contributed by atoms with E-state index in [1.807, 2.05) is 18.2 Å². The summed E-state index contributed by atoms with van der Waals surface area (Å²) < 4.78 is 5.92. The summed E-state index contributed by atoms with van der Waals surface area (Å²) in [6.07, 6.45) is 3.74. The first kappa shape index (κ1) is 17.1. The molecule has 1 N–H and O–H groups in total. The van der Waals surface area contributed by atoms with Gasteiger partial charge >= 0.3 is 5.97 Å². The number of hydrogen-bond acceptors (Lipinski definition) is 3. The molecule has 0 radical (unpaired) electrons. The second-order valence-corrected chi connectivity index (χ2v) is 7.15. The van der Waals surface area contributed by atoms with Gasteiger partial charge in [-0.25, -0.2) is 0 Å². The van der Waals surface area contributed by atoms with E-state index in [0.29, 0.717) is 36.7 Å². The third-order valence-corrected chi connectivity index (χ3v) is 5.49. The summed E-state index contributed by atoms with van der Waals surface area (Å²) in [7, 11) is 0. The highest BCUT2D eigenvalue weighted by molar-refractivity contribution is 6.32. The summed E-state index contributed by atoms with van der Waals surface area (Å²) in [5.41, 5.74) is -0.817. The van der Waals surface area contributed by atoms with E-state index in [1.54, 1.807) is 11.0 Å². The second kappa shape index (κ2) is 7.01. The number of rotatable bonds is 5. The number of para-hydroxylation sites is 1. The molecule has 1 aromatic carbocycles. The van der Waals surface area contributed by atoms with E-state index >= 15 is 0 Å². The molecule has 0 atom stereocenters. The van der Waals surface area contributed by atoms with Crippen LogP contribution < -0.4 is 4.74 Å². The van der Waals surface area contributed by atoms with Crippen LogP contribution in [0.2, 0.25) is 5.02 Å². The first-order valence-corrected chi connectivity index (χ1v) is 8.80. The Kier molecular flexibility index (Phi) is 4.99. The highest BCUT2D eigenvalue weighted by Crippen LogP contribution is 2.44. The molecule has 1 saturated heterocycles. The number of hydrogen-bond donors (Lipinski definition) is 1. The molecule has 0 bridgehead atoms. The summed E-state index contributed by atoms with van der Waals surface area (Å²) in [4.78, 5) is 25.6. The number of amides is 1. The molecule has 6 heteroatoms. The Balaban J connectivity index is 1.51. The molecule has 1 amide bonds. The summed E-state index contributed by atoms with van der Waals surface area (Å²) in [6.45, 7) is 1.20. The van der Waals surface area contributed by atoms with Gasteiger partial charge in [-0.15, -0.1) is 0 Å². The lowest BCUT2D eigenvalue weighted by Gasteiger charge is -2.39. The predicted octanol–water partition coefficient (Wildman–Crippen LogP) is 3.35. The summed E-state index contributed by atoms with van der Waals surface area (Å²) >= 11 is 6.10. The van der Waals surface area contributed by atoms with Crippen molar-refractivity contribution >= 4 is 23.5 Å². The SMILES string of the molecule is O=C(CC1(C(=O)O)CCC1)N1CCC(Oc2ccccc2Cl)CC1. The van der Waals surface area contributed by atoms with Crippen molar-refractivity contribution in [2.75, 3.05) is 13.1 Å². The third kappa shape index (κ3) is 3.51. The van der Waals surface area contributed by atoms with Crippen LogP contribution in [0.3, 0.4) is 0 Å². The summed E-state index contributed by atoms with van der Waals surface area (Å²) in [5.74, 6) is -0.212. The van der Waals surface area contributed by atoms with Gasteiger partial charge in [-0.2, -0.15) is 0 Å². The van der Waals surface area contributed by atoms with Gasteiger partial charge in [0.2, 0.25) is 5.91 Å². The largest absolute Gasteiger partial charge is 0.489 e. The quantitative estimate of drug-likeness (QED) is 0.883. The standard InChI is InChI=1S/C18H22ClNO4/c19-14-4-1-2-5-15(14)24-13-6-10-20(11-7-13)16(21)12-18(17(22)23)8-3-9-18/h1-2,4-5,13H,3,6-12H2,(H,22,23). The van der Waals surface area contributed by atoms with Crippen LogP contribution in [0.4, 0.5) is 0 Å². The average Bonchev–Trinajstić information content (AvgIpc) is 2.53. The van der Waals surface area contributed by atoms with Crippen molar-refractivity contribution < 1.29 is 19.4 Å². The molecule has 3 rings (SSSR count). The molecule has 0 unspecified atom stereocenters. The van der Waals surface area contributed by atoms with Crippen LogP contribution in [0, 0.1) is 5.41 Å². The van der Waals surface area contributed by atoms with Crippen LogP contribution in [0.15, 0.2) is 24.3 Å². The fourth-order valence-corrected chi connectivity index (χ4v) is 3.59. The van der Waals surface area contributed by atoms with Gasteiger partial charge in [0.1, 0.15) is 11.9 Å². The van der Waals surface area contributed by atoms with Gasteiger partial charge in [-0.1, -0.05) is 30.2 Å². The van der Waals surface area contributed by atoms with Crippen molar-refractivity contribution in [1.82, 2.24) is 4.90 Å². The molecular formula is C18H22ClNO4. The Morgan fingerprint density at radius 2 is 1.92 bits per heavy atom. The lowest BCUT2D eigenvalue weighted by atomic mass is 9.66. The zero-order valence-corrected chi connectivity index (χ0v) is 14.3. The Hall–Kier alpha value is -1.75. The summed E-state index contributed by atoms with van der Waals surface area (Å²) in [5, 5.41) is 9.95. The Labute approximate surface area is 146 Å². The first-order valence-electron chi connectivity index (χ1n) is 8.42. The number of aliphatic carboxylic acids is 1. The maximum absolute atomic E-state index is 12.4. The van der Waals surface area contributed by atoms with E-state index in [0.717, 1.165) is 19.3 Å². The average molecular weight is 352 g/mol. The minimum absolute atomic E-state index is 0.0334. The minimum atomic E-state index is -0.834. The van der Waals surface area contributed by atoms with Crippen LogP contribution in [-0.4, -0.2) is 41.1 Å². The van der Waals surface area contributed by atoms with Crippen molar-refractivity contribution in [3.05, 3.63) is 29.3 Å².